The molecule has 0 spiro atoms. The van der Waals surface area contributed by atoms with Crippen molar-refractivity contribution in [2.24, 2.45) is 0 Å². The molecule has 26 heavy (non-hydrogen) atoms. The van der Waals surface area contributed by atoms with E-state index in [-0.39, 0.29) is 42.6 Å². The fourth-order valence-corrected chi connectivity index (χ4v) is 3.03. The molecule has 1 atom stereocenters. The fraction of sp³-hybridized carbons (Fsp3) is 0.870. The maximum atomic E-state index is 11.8. The second-order valence-corrected chi connectivity index (χ2v) is 7.14. The van der Waals surface area contributed by atoms with E-state index in [0.717, 1.165) is 25.7 Å². The smallest absolute Gasteiger partial charge is 0.485 e. The molecule has 0 N–H and O–H groups in total. The molecule has 0 radical (unpaired) electrons. The third-order valence-electron chi connectivity index (χ3n) is 4.74. The average Bonchev–Trinajstić information content (AvgIpc) is 2.59. The summed E-state index contributed by atoms with van der Waals surface area (Å²) in [5, 5.41) is 0. The van der Waals surface area contributed by atoms with Gasteiger partial charge >= 0.3 is 23.1 Å². The van der Waals surface area contributed by atoms with E-state index in [1.165, 1.54) is 77.0 Å². The van der Waals surface area contributed by atoms with E-state index in [1.54, 1.807) is 6.42 Å². The summed E-state index contributed by atoms with van der Waals surface area (Å²) in [5.41, 5.74) is 0. The van der Waals surface area contributed by atoms with Gasteiger partial charge in [0.15, 0.2) is 5.97 Å². The minimum absolute atomic E-state index is 0. The van der Waals surface area contributed by atoms with Crippen molar-refractivity contribution in [3.05, 3.63) is 13.8 Å². The predicted octanol–water partition coefficient (Wildman–Crippen LogP) is 7.47. The minimum atomic E-state index is -0.103. The largest absolute Gasteiger partial charge is 2.00 e. The minimum Gasteiger partial charge on any atom is -0.485 e. The van der Waals surface area contributed by atoms with Gasteiger partial charge in [0.2, 0.25) is 0 Å². The van der Waals surface area contributed by atoms with Gasteiger partial charge < -0.3 is 12.2 Å². The van der Waals surface area contributed by atoms with Crippen molar-refractivity contribution in [1.82, 2.24) is 0 Å². The van der Waals surface area contributed by atoms with Gasteiger partial charge in [-0.05, 0) is 19.3 Å². The molecule has 0 heterocycles. The van der Waals surface area contributed by atoms with Gasteiger partial charge in [0, 0.05) is 0 Å². The zero-order valence-electron chi connectivity index (χ0n) is 18.5. The monoisotopic (exact) mass is 378 g/mol. The van der Waals surface area contributed by atoms with E-state index < -0.39 is 0 Å². The Labute approximate surface area is 181 Å². The fourth-order valence-electron chi connectivity index (χ4n) is 3.03. The first kappa shape index (κ1) is 30.8. The number of carbonyl (C=O) groups excluding carboxylic acids is 1. The van der Waals surface area contributed by atoms with Crippen LogP contribution in [0.4, 0.5) is 0 Å². The van der Waals surface area contributed by atoms with Crippen LogP contribution in [0.3, 0.4) is 0 Å². The van der Waals surface area contributed by atoms with Gasteiger partial charge in [-0.15, -0.1) is 0 Å². The van der Waals surface area contributed by atoms with Crippen LogP contribution in [0, 0.1) is 13.8 Å². The number of carbonyl (C=O) groups is 1. The van der Waals surface area contributed by atoms with Gasteiger partial charge in [-0.1, -0.05) is 97.8 Å². The van der Waals surface area contributed by atoms with Gasteiger partial charge in [-0.2, -0.15) is 6.42 Å². The zero-order valence-corrected chi connectivity index (χ0v) is 19.9. The van der Waals surface area contributed by atoms with Gasteiger partial charge in [0.25, 0.3) is 0 Å². The van der Waals surface area contributed by atoms with Crippen molar-refractivity contribution < 1.29 is 9.53 Å². The Kier molecular flexibility index (Phi) is 29.8. The number of unbranched alkanes of at least 4 members (excludes halogenated alkanes) is 12. The third kappa shape index (κ3) is 22.1. The number of esters is 1. The van der Waals surface area contributed by atoms with Crippen LogP contribution in [0.15, 0.2) is 0 Å². The summed E-state index contributed by atoms with van der Waals surface area (Å²) in [6.07, 6.45) is 21.6. The summed E-state index contributed by atoms with van der Waals surface area (Å²) >= 11 is 0. The quantitative estimate of drug-likeness (QED) is 0.107. The molecule has 0 aromatic rings. The maximum Gasteiger partial charge on any atom is 2.00 e. The summed E-state index contributed by atoms with van der Waals surface area (Å²) in [6, 6.07) is 0. The number of hydrogen-bond acceptors (Lipinski definition) is 2. The van der Waals surface area contributed by atoms with Crippen LogP contribution in [-0.2, 0) is 9.53 Å². The van der Waals surface area contributed by atoms with Gasteiger partial charge in [0.05, 0.1) is 6.10 Å². The molecule has 3 heteroatoms. The molecule has 152 valence electrons. The van der Waals surface area contributed by atoms with Crippen molar-refractivity contribution in [3.63, 3.8) is 0 Å². The van der Waals surface area contributed by atoms with Gasteiger partial charge in [-0.3, -0.25) is 11.2 Å². The van der Waals surface area contributed by atoms with Crippen LogP contribution in [0.25, 0.3) is 0 Å². The van der Waals surface area contributed by atoms with Crippen molar-refractivity contribution >= 4 is 29.0 Å². The summed E-state index contributed by atoms with van der Waals surface area (Å²) in [7, 11) is 0. The van der Waals surface area contributed by atoms with Crippen molar-refractivity contribution in [1.29, 1.82) is 0 Å². The second-order valence-electron chi connectivity index (χ2n) is 7.14. The van der Waals surface area contributed by atoms with E-state index in [9.17, 15) is 4.79 Å². The molecule has 0 aliphatic carbocycles. The molecular weight excluding hydrogens is 333 g/mol. The van der Waals surface area contributed by atoms with Crippen molar-refractivity contribution in [2.45, 2.75) is 130 Å². The topological polar surface area (TPSA) is 26.3 Å². The summed E-state index contributed by atoms with van der Waals surface area (Å²) in [6.45, 7) is 6.59. The Bertz CT molecular complexity index is 269. The van der Waals surface area contributed by atoms with E-state index >= 15 is 0 Å². The second kappa shape index (κ2) is 25.1. The molecule has 0 unspecified atom stereocenters. The number of ether oxygens (including phenoxy) is 1. The Morgan fingerprint density at radius 3 is 1.73 bits per heavy atom. The van der Waals surface area contributed by atoms with Gasteiger partial charge in [0.1, 0.15) is 0 Å². The normalized spacial score (nSPS) is 11.2. The summed E-state index contributed by atoms with van der Waals surface area (Å²) < 4.78 is 5.58. The predicted molar refractivity (Wildman–Crippen MR) is 117 cm³/mol. The molecule has 0 fully saturated rings. The number of hydrogen-bond donors (Lipinski definition) is 0. The molecule has 2 nitrogen and oxygen atoms in total. The van der Waals surface area contributed by atoms with E-state index in [1.807, 2.05) is 0 Å². The Hall–Kier alpha value is 0.106. The standard InChI is InChI=1S/C22H43O2.CH3.Mg/c1-4-7-9-11-12-13-14-16-17-19-21(6-3)24-22(23)20-18-15-10-8-5-2;;/h20-21H,4-19H2,1-3H3;1H3;/q2*-1;+2/t21-;;/m0../s1. The molecule has 0 aromatic carbocycles. The van der Waals surface area contributed by atoms with Crippen LogP contribution in [0.1, 0.15) is 124 Å². The Morgan fingerprint density at radius 2 is 1.23 bits per heavy atom. The first-order chi connectivity index (χ1) is 11.7. The van der Waals surface area contributed by atoms with Crippen LogP contribution >= 0.6 is 0 Å². The molecule has 0 rings (SSSR count). The molecule has 0 aromatic heterocycles. The Morgan fingerprint density at radius 1 is 0.769 bits per heavy atom. The molecule has 0 saturated carbocycles. The van der Waals surface area contributed by atoms with Crippen LogP contribution in [-0.4, -0.2) is 35.1 Å². The maximum absolute atomic E-state index is 11.8. The van der Waals surface area contributed by atoms with Crippen LogP contribution < -0.4 is 0 Å². The molecule has 0 bridgehead atoms. The van der Waals surface area contributed by atoms with E-state index in [2.05, 4.69) is 20.8 Å². The molecule has 0 saturated heterocycles. The first-order valence-electron chi connectivity index (χ1n) is 10.8. The van der Waals surface area contributed by atoms with E-state index in [0.29, 0.717) is 0 Å². The molecule has 0 aliphatic rings. The van der Waals surface area contributed by atoms with Gasteiger partial charge in [-0.25, -0.2) is 0 Å². The van der Waals surface area contributed by atoms with E-state index in [4.69, 9.17) is 4.74 Å². The summed E-state index contributed by atoms with van der Waals surface area (Å²) in [4.78, 5) is 11.8. The average molecular weight is 379 g/mol. The van der Waals surface area contributed by atoms with Crippen molar-refractivity contribution in [2.75, 3.05) is 0 Å². The molecule has 0 amide bonds. The van der Waals surface area contributed by atoms with Crippen LogP contribution in [0.2, 0.25) is 0 Å². The zero-order chi connectivity index (χ0) is 17.9. The first-order valence-corrected chi connectivity index (χ1v) is 10.8. The third-order valence-corrected chi connectivity index (χ3v) is 4.74. The SMILES string of the molecule is CCCCCC[CH-]C(=O)O[C@@H](CC)CCCCCCCCCCC.[CH3-].[Mg+2]. The molecule has 0 aliphatic heterocycles. The van der Waals surface area contributed by atoms with Crippen molar-refractivity contribution in [3.8, 4) is 0 Å². The Balaban J connectivity index is -0.00000264. The summed E-state index contributed by atoms with van der Waals surface area (Å²) in [5.74, 6) is -0.103. The molecular formula is C23H46MgO2. The van der Waals surface area contributed by atoms with Crippen LogP contribution in [0.5, 0.6) is 0 Å². The number of rotatable bonds is 18.